The molecule has 0 saturated carbocycles. The monoisotopic (exact) mass is 262 g/mol. The first-order valence-corrected chi connectivity index (χ1v) is 8.57. The van der Waals surface area contributed by atoms with Crippen LogP contribution in [0.25, 0.3) is 0 Å². The summed E-state index contributed by atoms with van der Waals surface area (Å²) in [7, 11) is 6.09. The molecule has 0 heterocycles. The van der Waals surface area contributed by atoms with Gasteiger partial charge in [0.05, 0.1) is 0 Å². The molecule has 0 spiro atoms. The lowest BCUT2D eigenvalue weighted by molar-refractivity contribution is 0.478. The van der Waals surface area contributed by atoms with Gasteiger partial charge in [0.15, 0.2) is 0 Å². The Balaban J connectivity index is 3.64. The van der Waals surface area contributed by atoms with Crippen LogP contribution in [-0.2, 0) is 0 Å². The molecule has 0 fully saturated rings. The molecule has 0 bridgehead atoms. The van der Waals surface area contributed by atoms with Crippen molar-refractivity contribution in [3.05, 3.63) is 0 Å². The topological polar surface area (TPSA) is 0 Å². The summed E-state index contributed by atoms with van der Waals surface area (Å²) in [5.74, 6) is 0. The lowest BCUT2D eigenvalue weighted by Crippen LogP contribution is -2.22. The van der Waals surface area contributed by atoms with Gasteiger partial charge in [-0.1, -0.05) is 65.2 Å². The fraction of sp³-hybridized carbons (Fsp3) is 1.00. The zero-order chi connectivity index (χ0) is 12.3. The summed E-state index contributed by atoms with van der Waals surface area (Å²) in [4.78, 5) is 0. The van der Waals surface area contributed by atoms with E-state index in [-0.39, 0.29) is 0 Å². The summed E-state index contributed by atoms with van der Waals surface area (Å²) in [5.41, 5.74) is 0. The average molecular weight is 262 g/mol. The maximum absolute atomic E-state index is 3.14. The molecule has 0 N–H and O–H groups in total. The van der Waals surface area contributed by atoms with Gasteiger partial charge in [0.2, 0.25) is 0 Å². The molecule has 0 radical (unpaired) electrons. The van der Waals surface area contributed by atoms with Crippen LogP contribution in [0.1, 0.15) is 78.1 Å². The average Bonchev–Trinajstić information content (AvgIpc) is 2.31. The van der Waals surface area contributed by atoms with Gasteiger partial charge in [-0.15, -0.1) is 18.5 Å². The molecular weight excluding hydrogens is 230 g/mol. The molecule has 0 aliphatic carbocycles. The molecule has 0 nitrogen and oxygen atoms in total. The Kier molecular flexibility index (Phi) is 11.6. The standard InChI is InChI=1S/C14H32P2/c1-3-5-7-9-11-14(16,13-15)12-10-8-6-4-2/h3-13,15-16H2,1-2H3. The van der Waals surface area contributed by atoms with Crippen molar-refractivity contribution in [3.8, 4) is 0 Å². The molecule has 0 aromatic rings. The smallest absolute Gasteiger partial charge is 0.0116 e. The molecule has 2 heteroatoms. The van der Waals surface area contributed by atoms with Gasteiger partial charge in [-0.25, -0.2) is 0 Å². The summed E-state index contributed by atoms with van der Waals surface area (Å²) < 4.78 is 0. The Labute approximate surface area is 108 Å². The summed E-state index contributed by atoms with van der Waals surface area (Å²) in [6.45, 7) is 4.57. The van der Waals surface area contributed by atoms with Gasteiger partial charge >= 0.3 is 0 Å². The Morgan fingerprint density at radius 2 is 1.19 bits per heavy atom. The molecular formula is C14H32P2. The van der Waals surface area contributed by atoms with Gasteiger partial charge in [-0.3, -0.25) is 0 Å². The zero-order valence-corrected chi connectivity index (χ0v) is 13.7. The Hall–Kier alpha value is 0.860. The van der Waals surface area contributed by atoms with Crippen molar-refractivity contribution in [2.24, 2.45) is 0 Å². The highest BCUT2D eigenvalue weighted by Crippen LogP contribution is 2.33. The minimum Gasteiger partial charge on any atom is -0.137 e. The van der Waals surface area contributed by atoms with Crippen molar-refractivity contribution >= 4 is 18.5 Å². The number of rotatable bonds is 11. The molecule has 0 aromatic carbocycles. The van der Waals surface area contributed by atoms with Crippen molar-refractivity contribution < 1.29 is 0 Å². The predicted molar refractivity (Wildman–Crippen MR) is 84.5 cm³/mol. The van der Waals surface area contributed by atoms with Gasteiger partial charge in [0.25, 0.3) is 0 Å². The molecule has 0 aliphatic heterocycles. The highest BCUT2D eigenvalue weighted by Gasteiger charge is 2.20. The minimum absolute atomic E-state index is 0.520. The third-order valence-corrected chi connectivity index (χ3v) is 5.56. The maximum atomic E-state index is 3.14. The van der Waals surface area contributed by atoms with Crippen LogP contribution in [0.4, 0.5) is 0 Å². The van der Waals surface area contributed by atoms with E-state index < -0.39 is 0 Å². The van der Waals surface area contributed by atoms with Crippen molar-refractivity contribution in [1.82, 2.24) is 0 Å². The molecule has 0 aliphatic rings. The van der Waals surface area contributed by atoms with Crippen LogP contribution in [0.5, 0.6) is 0 Å². The summed E-state index contributed by atoms with van der Waals surface area (Å²) in [6, 6.07) is 0. The first-order chi connectivity index (χ1) is 7.68. The lowest BCUT2D eigenvalue weighted by atomic mass is 9.95. The van der Waals surface area contributed by atoms with E-state index in [0.29, 0.717) is 5.16 Å². The Morgan fingerprint density at radius 1 is 0.750 bits per heavy atom. The molecule has 0 amide bonds. The van der Waals surface area contributed by atoms with E-state index in [9.17, 15) is 0 Å². The second-order valence-corrected chi connectivity index (χ2v) is 6.82. The van der Waals surface area contributed by atoms with Crippen LogP contribution in [0.2, 0.25) is 0 Å². The Bertz CT molecular complexity index is 134. The van der Waals surface area contributed by atoms with E-state index in [4.69, 9.17) is 0 Å². The van der Waals surface area contributed by atoms with Gasteiger partial charge in [-0.2, -0.15) is 0 Å². The molecule has 2 unspecified atom stereocenters. The molecule has 0 rings (SSSR count). The van der Waals surface area contributed by atoms with E-state index in [1.54, 1.807) is 0 Å². The second kappa shape index (κ2) is 11.0. The van der Waals surface area contributed by atoms with E-state index in [2.05, 4.69) is 32.3 Å². The number of hydrogen-bond donors (Lipinski definition) is 0. The first kappa shape index (κ1) is 16.9. The fourth-order valence-corrected chi connectivity index (χ4v) is 2.95. The van der Waals surface area contributed by atoms with Crippen LogP contribution in [0.3, 0.4) is 0 Å². The molecule has 0 aromatic heterocycles. The maximum Gasteiger partial charge on any atom is -0.0116 e. The van der Waals surface area contributed by atoms with Crippen LogP contribution in [0.15, 0.2) is 0 Å². The number of hydrogen-bond acceptors (Lipinski definition) is 0. The van der Waals surface area contributed by atoms with Crippen LogP contribution < -0.4 is 0 Å². The fourth-order valence-electron chi connectivity index (χ4n) is 2.14. The second-order valence-electron chi connectivity index (χ2n) is 5.19. The minimum atomic E-state index is 0.520. The SMILES string of the molecule is CCCCCCC(P)(CP)CCCCCC. The quantitative estimate of drug-likeness (QED) is 0.344. The van der Waals surface area contributed by atoms with Gasteiger partial charge in [0, 0.05) is 0 Å². The van der Waals surface area contributed by atoms with Crippen molar-refractivity contribution in [2.75, 3.05) is 6.16 Å². The largest absolute Gasteiger partial charge is 0.137 e. The molecule has 2 atom stereocenters. The van der Waals surface area contributed by atoms with Crippen LogP contribution in [0, 0.1) is 0 Å². The van der Waals surface area contributed by atoms with E-state index in [1.807, 2.05) is 0 Å². The Morgan fingerprint density at radius 3 is 1.50 bits per heavy atom. The highest BCUT2D eigenvalue weighted by molar-refractivity contribution is 7.23. The van der Waals surface area contributed by atoms with E-state index in [0.717, 1.165) is 0 Å². The summed E-state index contributed by atoms with van der Waals surface area (Å²) in [6.07, 6.45) is 15.2. The van der Waals surface area contributed by atoms with Crippen molar-refractivity contribution in [3.63, 3.8) is 0 Å². The third kappa shape index (κ3) is 8.95. The summed E-state index contributed by atoms with van der Waals surface area (Å²) >= 11 is 0. The van der Waals surface area contributed by atoms with Crippen LogP contribution in [-0.4, -0.2) is 11.3 Å². The first-order valence-electron chi connectivity index (χ1n) is 7.17. The highest BCUT2D eigenvalue weighted by atomic mass is 31.0. The normalized spacial score (nSPS) is 12.0. The lowest BCUT2D eigenvalue weighted by Gasteiger charge is -2.28. The van der Waals surface area contributed by atoms with Crippen molar-refractivity contribution in [2.45, 2.75) is 83.2 Å². The van der Waals surface area contributed by atoms with Gasteiger partial charge in [-0.05, 0) is 24.2 Å². The zero-order valence-electron chi connectivity index (χ0n) is 11.4. The van der Waals surface area contributed by atoms with E-state index >= 15 is 0 Å². The number of unbranched alkanes of at least 4 members (excludes halogenated alkanes) is 6. The molecule has 0 saturated heterocycles. The molecule has 98 valence electrons. The summed E-state index contributed by atoms with van der Waals surface area (Å²) in [5, 5.41) is 0.520. The molecule has 16 heavy (non-hydrogen) atoms. The van der Waals surface area contributed by atoms with Crippen LogP contribution >= 0.6 is 18.5 Å². The van der Waals surface area contributed by atoms with Crippen molar-refractivity contribution in [1.29, 1.82) is 0 Å². The third-order valence-electron chi connectivity index (χ3n) is 3.46. The predicted octanol–water partition coefficient (Wildman–Crippen LogP) is 5.42. The van der Waals surface area contributed by atoms with Gasteiger partial charge in [0.1, 0.15) is 0 Å². The van der Waals surface area contributed by atoms with Gasteiger partial charge < -0.3 is 0 Å². The van der Waals surface area contributed by atoms with E-state index in [1.165, 1.54) is 70.4 Å².